The first-order valence-electron chi connectivity index (χ1n) is 7.07. The molecule has 0 atom stereocenters. The average Bonchev–Trinajstić information content (AvgIpc) is 2.94. The van der Waals surface area contributed by atoms with E-state index in [4.69, 9.17) is 19.8 Å². The third kappa shape index (κ3) is 3.27. The third-order valence-electron chi connectivity index (χ3n) is 3.39. The molecule has 0 unspecified atom stereocenters. The summed E-state index contributed by atoms with van der Waals surface area (Å²) in [5.41, 5.74) is 1.97. The maximum atomic E-state index is 9.60. The van der Waals surface area contributed by atoms with Crippen molar-refractivity contribution >= 4 is 18.4 Å². The molecule has 0 radical (unpaired) electrons. The maximum Gasteiger partial charge on any atom is 0.491 e. The van der Waals surface area contributed by atoms with E-state index in [2.05, 4.69) is 10.3 Å². The topological polar surface area (TPSA) is 108 Å². The fraction of sp³-hybridized carbons (Fsp3) is 0.200. The molecular weight excluding hydrogens is 297 g/mol. The van der Waals surface area contributed by atoms with Crippen LogP contribution in [0, 0.1) is 11.3 Å². The Balaban J connectivity index is 1.81. The minimum atomic E-state index is -0.888. The fourth-order valence-corrected chi connectivity index (χ4v) is 2.29. The van der Waals surface area contributed by atoms with Gasteiger partial charge in [0.05, 0.1) is 18.8 Å². The second kappa shape index (κ2) is 6.66. The molecule has 0 amide bonds. The summed E-state index contributed by atoms with van der Waals surface area (Å²) in [6.07, 6.45) is 0. The van der Waals surface area contributed by atoms with Crippen LogP contribution < -0.4 is 15.5 Å². The fourth-order valence-electron chi connectivity index (χ4n) is 2.29. The van der Waals surface area contributed by atoms with Gasteiger partial charge in [0, 0.05) is 12.6 Å². The lowest BCUT2D eigenvalue weighted by atomic mass is 9.80. The Morgan fingerprint density at radius 1 is 1.39 bits per heavy atom. The maximum absolute atomic E-state index is 9.60. The van der Waals surface area contributed by atoms with Crippen molar-refractivity contribution in [3.63, 3.8) is 0 Å². The van der Waals surface area contributed by atoms with Gasteiger partial charge in [-0.05, 0) is 29.2 Å². The molecule has 0 fully saturated rings. The van der Waals surface area contributed by atoms with Crippen LogP contribution in [0.5, 0.6) is 11.6 Å². The number of aromatic nitrogens is 1. The molecule has 0 saturated carbocycles. The number of pyridine rings is 1. The van der Waals surface area contributed by atoms with E-state index < -0.39 is 7.12 Å². The molecule has 23 heavy (non-hydrogen) atoms. The summed E-state index contributed by atoms with van der Waals surface area (Å²) in [5.74, 6) is 1.24. The average molecular weight is 311 g/mol. The molecule has 0 bridgehead atoms. The molecule has 7 nitrogen and oxygen atoms in total. The van der Waals surface area contributed by atoms with Crippen molar-refractivity contribution in [3.8, 4) is 17.7 Å². The first-order chi connectivity index (χ1) is 11.2. The van der Waals surface area contributed by atoms with Crippen LogP contribution in [0.25, 0.3) is 0 Å². The number of aliphatic hydroxyl groups excluding tert-OH is 1. The summed E-state index contributed by atoms with van der Waals surface area (Å²) >= 11 is 0. The first kappa shape index (κ1) is 15.3. The number of hydrogen-bond donors (Lipinski definition) is 3. The Kier molecular flexibility index (Phi) is 4.44. The van der Waals surface area contributed by atoms with Gasteiger partial charge < -0.3 is 24.8 Å². The molecule has 0 aliphatic carbocycles. The summed E-state index contributed by atoms with van der Waals surface area (Å²) in [4.78, 5) is 4.24. The summed E-state index contributed by atoms with van der Waals surface area (Å²) < 4.78 is 10.8. The van der Waals surface area contributed by atoms with Crippen LogP contribution in [-0.4, -0.2) is 35.4 Å². The molecule has 3 N–H and O–H groups in total. The Morgan fingerprint density at radius 3 is 3.04 bits per heavy atom. The predicted octanol–water partition coefficient (Wildman–Crippen LogP) is 0.367. The van der Waals surface area contributed by atoms with Crippen LogP contribution in [0.15, 0.2) is 30.3 Å². The van der Waals surface area contributed by atoms with E-state index in [9.17, 15) is 5.02 Å². The number of benzene rings is 1. The Hall–Kier alpha value is -2.60. The van der Waals surface area contributed by atoms with E-state index in [0.29, 0.717) is 36.2 Å². The van der Waals surface area contributed by atoms with Crippen molar-refractivity contribution in [2.24, 2.45) is 0 Å². The zero-order valence-electron chi connectivity index (χ0n) is 12.2. The van der Waals surface area contributed by atoms with E-state index >= 15 is 0 Å². The highest BCUT2D eigenvalue weighted by atomic mass is 16.5. The zero-order valence-corrected chi connectivity index (χ0v) is 12.2. The van der Waals surface area contributed by atoms with Crippen LogP contribution >= 0.6 is 0 Å². The quantitative estimate of drug-likeness (QED) is 0.685. The summed E-state index contributed by atoms with van der Waals surface area (Å²) in [6.45, 7) is 0.557. The SMILES string of the molecule is N#Cc1ccc(Oc2ccc3c(c2)COB3O)nc1NCCO. The van der Waals surface area contributed by atoms with E-state index in [-0.39, 0.29) is 6.61 Å². The number of nitriles is 1. The normalized spacial score (nSPS) is 12.7. The molecule has 1 aliphatic heterocycles. The van der Waals surface area contributed by atoms with Gasteiger partial charge >= 0.3 is 7.12 Å². The number of ether oxygens (including phenoxy) is 1. The summed E-state index contributed by atoms with van der Waals surface area (Å²) in [5, 5.41) is 30.4. The lowest BCUT2D eigenvalue weighted by Gasteiger charge is -2.10. The van der Waals surface area contributed by atoms with E-state index in [0.717, 1.165) is 11.0 Å². The van der Waals surface area contributed by atoms with Gasteiger partial charge in [0.1, 0.15) is 17.6 Å². The molecule has 1 aromatic carbocycles. The Labute approximate surface area is 133 Å². The predicted molar refractivity (Wildman–Crippen MR) is 83.4 cm³/mol. The van der Waals surface area contributed by atoms with Gasteiger partial charge in [-0.15, -0.1) is 0 Å². The molecule has 2 heterocycles. The number of anilines is 1. The highest BCUT2D eigenvalue weighted by Crippen LogP contribution is 2.24. The Morgan fingerprint density at radius 2 is 2.26 bits per heavy atom. The van der Waals surface area contributed by atoms with Crippen molar-refractivity contribution in [1.82, 2.24) is 4.98 Å². The van der Waals surface area contributed by atoms with Crippen molar-refractivity contribution in [2.45, 2.75) is 6.61 Å². The summed E-state index contributed by atoms with van der Waals surface area (Å²) in [6, 6.07) is 10.5. The molecular formula is C15H14BN3O4. The van der Waals surface area contributed by atoms with Crippen LogP contribution in [0.4, 0.5) is 5.82 Å². The van der Waals surface area contributed by atoms with Gasteiger partial charge in [-0.25, -0.2) is 0 Å². The van der Waals surface area contributed by atoms with Gasteiger partial charge in [0.15, 0.2) is 0 Å². The van der Waals surface area contributed by atoms with Gasteiger partial charge in [-0.1, -0.05) is 6.07 Å². The van der Waals surface area contributed by atoms with Crippen LogP contribution in [0.2, 0.25) is 0 Å². The zero-order chi connectivity index (χ0) is 16.2. The molecule has 0 saturated heterocycles. The van der Waals surface area contributed by atoms with Gasteiger partial charge in [0.25, 0.3) is 0 Å². The monoisotopic (exact) mass is 311 g/mol. The van der Waals surface area contributed by atoms with Gasteiger partial charge in [0.2, 0.25) is 5.88 Å². The number of rotatable bonds is 5. The molecule has 1 aliphatic rings. The molecule has 1 aromatic heterocycles. The van der Waals surface area contributed by atoms with Gasteiger partial charge in [-0.2, -0.15) is 10.2 Å². The molecule has 0 spiro atoms. The number of fused-ring (bicyclic) bond motifs is 1. The standard InChI is InChI=1S/C15H14BN3O4/c17-8-10-1-4-14(19-15(10)18-5-6-20)23-12-2-3-13-11(7-12)9-22-16(13)21/h1-4,7,20-21H,5-6,9H2,(H,18,19). The molecule has 2 aromatic rings. The highest BCUT2D eigenvalue weighted by molar-refractivity contribution is 6.61. The van der Waals surface area contributed by atoms with Crippen molar-refractivity contribution in [3.05, 3.63) is 41.5 Å². The minimum Gasteiger partial charge on any atom is -0.439 e. The third-order valence-corrected chi connectivity index (χ3v) is 3.39. The van der Waals surface area contributed by atoms with Gasteiger partial charge in [-0.3, -0.25) is 0 Å². The largest absolute Gasteiger partial charge is 0.491 e. The lowest BCUT2D eigenvalue weighted by Crippen LogP contribution is -2.27. The minimum absolute atomic E-state index is 0.0647. The number of aliphatic hydroxyl groups is 1. The van der Waals surface area contributed by atoms with E-state index in [1.54, 1.807) is 30.3 Å². The van der Waals surface area contributed by atoms with Crippen molar-refractivity contribution < 1.29 is 19.5 Å². The molecule has 8 heteroatoms. The Bertz CT molecular complexity index is 763. The van der Waals surface area contributed by atoms with Crippen molar-refractivity contribution in [1.29, 1.82) is 5.26 Å². The molecule has 3 rings (SSSR count). The number of nitrogens with one attached hydrogen (secondary N) is 1. The van der Waals surface area contributed by atoms with Crippen LogP contribution in [0.3, 0.4) is 0 Å². The second-order valence-electron chi connectivity index (χ2n) is 4.93. The van der Waals surface area contributed by atoms with E-state index in [1.807, 2.05) is 6.07 Å². The van der Waals surface area contributed by atoms with Crippen LogP contribution in [0.1, 0.15) is 11.1 Å². The molecule has 116 valence electrons. The lowest BCUT2D eigenvalue weighted by molar-refractivity contribution is 0.275. The first-order valence-corrected chi connectivity index (χ1v) is 7.07. The highest BCUT2D eigenvalue weighted by Gasteiger charge is 2.27. The summed E-state index contributed by atoms with van der Waals surface area (Å²) in [7, 11) is -0.888. The van der Waals surface area contributed by atoms with Crippen molar-refractivity contribution in [2.75, 3.05) is 18.5 Å². The second-order valence-corrected chi connectivity index (χ2v) is 4.93. The van der Waals surface area contributed by atoms with Crippen LogP contribution in [-0.2, 0) is 11.3 Å². The van der Waals surface area contributed by atoms with E-state index in [1.165, 1.54) is 0 Å². The number of hydrogen-bond acceptors (Lipinski definition) is 7. The smallest absolute Gasteiger partial charge is 0.439 e. The number of nitrogens with zero attached hydrogens (tertiary/aromatic N) is 2.